The smallest absolute Gasteiger partial charge is 0.420 e. The Hall–Kier alpha value is -0.970. The van der Waals surface area contributed by atoms with Crippen molar-refractivity contribution >= 4 is 11.6 Å². The van der Waals surface area contributed by atoms with Gasteiger partial charge in [0, 0.05) is 0 Å². The van der Waals surface area contributed by atoms with Crippen LogP contribution in [-0.4, -0.2) is 12.1 Å². The van der Waals surface area contributed by atoms with Crippen molar-refractivity contribution in [2.75, 3.05) is 7.11 Å². The normalized spacial score (nSPS) is 11.5. The van der Waals surface area contributed by atoms with Crippen molar-refractivity contribution < 1.29 is 17.9 Å². The topological polar surface area (TPSA) is 22.1 Å². The van der Waals surface area contributed by atoms with E-state index in [1.807, 2.05) is 0 Å². The minimum Gasteiger partial charge on any atom is -0.495 e. The first kappa shape index (κ1) is 11.1. The summed E-state index contributed by atoms with van der Waals surface area (Å²) in [6, 6.07) is 0.881. The Morgan fingerprint density at radius 3 is 2.57 bits per heavy atom. The van der Waals surface area contributed by atoms with Crippen LogP contribution in [0.3, 0.4) is 0 Å². The molecule has 78 valence electrons. The zero-order chi connectivity index (χ0) is 10.8. The summed E-state index contributed by atoms with van der Waals surface area (Å²) in [5.41, 5.74) is -0.689. The van der Waals surface area contributed by atoms with Crippen molar-refractivity contribution in [1.82, 2.24) is 4.98 Å². The van der Waals surface area contributed by atoms with E-state index in [2.05, 4.69) is 9.72 Å². The van der Waals surface area contributed by atoms with E-state index in [1.165, 1.54) is 0 Å². The number of methoxy groups -OCH3 is 1. The summed E-state index contributed by atoms with van der Waals surface area (Å²) >= 11 is 5.37. The SMILES string of the molecule is COc1cnc(CCl)cc1C(F)(F)F. The summed E-state index contributed by atoms with van der Waals surface area (Å²) in [6.45, 7) is 0. The number of pyridine rings is 1. The standard InChI is InChI=1S/C8H7ClF3NO/c1-14-7-4-13-5(3-9)2-6(7)8(10,11)12/h2,4H,3H2,1H3. The number of alkyl halides is 4. The number of rotatable bonds is 2. The third kappa shape index (κ3) is 2.29. The number of halogens is 4. The van der Waals surface area contributed by atoms with Gasteiger partial charge in [-0.1, -0.05) is 0 Å². The van der Waals surface area contributed by atoms with E-state index in [-0.39, 0.29) is 17.3 Å². The van der Waals surface area contributed by atoms with Crippen molar-refractivity contribution in [3.8, 4) is 5.75 Å². The fraction of sp³-hybridized carbons (Fsp3) is 0.375. The van der Waals surface area contributed by atoms with Crippen molar-refractivity contribution in [3.05, 3.63) is 23.5 Å². The van der Waals surface area contributed by atoms with Gasteiger partial charge >= 0.3 is 6.18 Å². The van der Waals surface area contributed by atoms with Crippen LogP contribution in [0.1, 0.15) is 11.3 Å². The average molecular weight is 226 g/mol. The van der Waals surface area contributed by atoms with Crippen LogP contribution >= 0.6 is 11.6 Å². The second-order valence-electron chi connectivity index (χ2n) is 2.51. The molecule has 0 fully saturated rings. The maximum Gasteiger partial charge on any atom is 0.420 e. The van der Waals surface area contributed by atoms with Gasteiger partial charge in [-0.05, 0) is 6.07 Å². The Morgan fingerprint density at radius 2 is 2.14 bits per heavy atom. The molecule has 0 aliphatic carbocycles. The minimum atomic E-state index is -4.45. The molecule has 0 atom stereocenters. The second kappa shape index (κ2) is 4.04. The first-order valence-electron chi connectivity index (χ1n) is 3.65. The lowest BCUT2D eigenvalue weighted by molar-refractivity contribution is -0.138. The van der Waals surface area contributed by atoms with Crippen LogP contribution in [0.4, 0.5) is 13.2 Å². The molecule has 0 bridgehead atoms. The molecule has 0 saturated carbocycles. The highest BCUT2D eigenvalue weighted by Gasteiger charge is 2.34. The number of ether oxygens (including phenoxy) is 1. The maximum atomic E-state index is 12.4. The largest absolute Gasteiger partial charge is 0.495 e. The molecule has 0 amide bonds. The molecule has 0 aromatic carbocycles. The fourth-order valence-electron chi connectivity index (χ4n) is 0.943. The predicted molar refractivity (Wildman–Crippen MR) is 45.3 cm³/mol. The molecule has 1 rings (SSSR count). The zero-order valence-corrected chi connectivity index (χ0v) is 7.99. The van der Waals surface area contributed by atoms with Crippen molar-refractivity contribution in [2.24, 2.45) is 0 Å². The first-order chi connectivity index (χ1) is 6.49. The Bertz CT molecular complexity index is 327. The van der Waals surface area contributed by atoms with Crippen LogP contribution in [0.5, 0.6) is 5.75 Å². The highest BCUT2D eigenvalue weighted by molar-refractivity contribution is 6.16. The number of hydrogen-bond acceptors (Lipinski definition) is 2. The van der Waals surface area contributed by atoms with Gasteiger partial charge in [-0.15, -0.1) is 11.6 Å². The molecule has 0 saturated heterocycles. The van der Waals surface area contributed by atoms with Crippen molar-refractivity contribution in [1.29, 1.82) is 0 Å². The molecule has 0 aliphatic heterocycles. The van der Waals surface area contributed by atoms with Crippen LogP contribution in [-0.2, 0) is 12.1 Å². The molecule has 14 heavy (non-hydrogen) atoms. The molecule has 0 spiro atoms. The molecule has 0 unspecified atom stereocenters. The van der Waals surface area contributed by atoms with Crippen LogP contribution in [0.25, 0.3) is 0 Å². The summed E-state index contributed by atoms with van der Waals surface area (Å²) in [7, 11) is 1.16. The zero-order valence-electron chi connectivity index (χ0n) is 7.23. The lowest BCUT2D eigenvalue weighted by atomic mass is 10.2. The van der Waals surface area contributed by atoms with E-state index in [9.17, 15) is 13.2 Å². The first-order valence-corrected chi connectivity index (χ1v) is 4.18. The quantitative estimate of drug-likeness (QED) is 0.722. The Labute approximate surface area is 83.7 Å². The van der Waals surface area contributed by atoms with E-state index < -0.39 is 11.7 Å². The monoisotopic (exact) mass is 225 g/mol. The summed E-state index contributed by atoms with van der Waals surface area (Å²) in [6.07, 6.45) is -3.43. The summed E-state index contributed by atoms with van der Waals surface area (Å²) in [4.78, 5) is 3.69. The fourth-order valence-corrected chi connectivity index (χ4v) is 1.09. The van der Waals surface area contributed by atoms with Gasteiger partial charge in [-0.3, -0.25) is 4.98 Å². The van der Waals surface area contributed by atoms with Gasteiger partial charge in [0.1, 0.15) is 11.3 Å². The Balaban J connectivity index is 3.22. The van der Waals surface area contributed by atoms with Gasteiger partial charge in [0.15, 0.2) is 0 Å². The number of aromatic nitrogens is 1. The van der Waals surface area contributed by atoms with Crippen LogP contribution < -0.4 is 4.74 Å². The van der Waals surface area contributed by atoms with Gasteiger partial charge in [0.05, 0.1) is 24.9 Å². The molecule has 1 aromatic rings. The third-order valence-corrected chi connectivity index (χ3v) is 1.86. The minimum absolute atomic E-state index is 0.0624. The molecular weight excluding hydrogens is 219 g/mol. The molecule has 1 aromatic heterocycles. The molecule has 2 nitrogen and oxygen atoms in total. The Morgan fingerprint density at radius 1 is 1.50 bits per heavy atom. The van der Waals surface area contributed by atoms with Gasteiger partial charge in [0.25, 0.3) is 0 Å². The number of nitrogens with zero attached hydrogens (tertiary/aromatic N) is 1. The van der Waals surface area contributed by atoms with Gasteiger partial charge in [-0.25, -0.2) is 0 Å². The van der Waals surface area contributed by atoms with Gasteiger partial charge < -0.3 is 4.74 Å². The highest BCUT2D eigenvalue weighted by Crippen LogP contribution is 2.36. The highest BCUT2D eigenvalue weighted by atomic mass is 35.5. The van der Waals surface area contributed by atoms with E-state index >= 15 is 0 Å². The number of hydrogen-bond donors (Lipinski definition) is 0. The summed E-state index contributed by atoms with van der Waals surface area (Å²) in [5.74, 6) is -0.362. The van der Waals surface area contributed by atoms with Gasteiger partial charge in [-0.2, -0.15) is 13.2 Å². The second-order valence-corrected chi connectivity index (χ2v) is 2.77. The molecule has 0 radical (unpaired) electrons. The van der Waals surface area contributed by atoms with Crippen LogP contribution in [0.15, 0.2) is 12.3 Å². The molecule has 0 aliphatic rings. The predicted octanol–water partition coefficient (Wildman–Crippen LogP) is 2.85. The van der Waals surface area contributed by atoms with E-state index in [0.717, 1.165) is 19.4 Å². The summed E-state index contributed by atoms with van der Waals surface area (Å²) < 4.78 is 41.7. The summed E-state index contributed by atoms with van der Waals surface area (Å²) in [5, 5.41) is 0. The molecular formula is C8H7ClF3NO. The van der Waals surface area contributed by atoms with Crippen molar-refractivity contribution in [3.63, 3.8) is 0 Å². The van der Waals surface area contributed by atoms with E-state index in [4.69, 9.17) is 11.6 Å². The lowest BCUT2D eigenvalue weighted by Gasteiger charge is -2.11. The van der Waals surface area contributed by atoms with Crippen LogP contribution in [0.2, 0.25) is 0 Å². The van der Waals surface area contributed by atoms with Crippen molar-refractivity contribution in [2.45, 2.75) is 12.1 Å². The van der Waals surface area contributed by atoms with E-state index in [1.54, 1.807) is 0 Å². The third-order valence-electron chi connectivity index (χ3n) is 1.59. The van der Waals surface area contributed by atoms with Gasteiger partial charge in [0.2, 0.25) is 0 Å². The van der Waals surface area contributed by atoms with E-state index in [0.29, 0.717) is 0 Å². The average Bonchev–Trinajstić information content (AvgIpc) is 2.15. The molecule has 1 heterocycles. The molecule has 0 N–H and O–H groups in total. The maximum absolute atomic E-state index is 12.4. The van der Waals surface area contributed by atoms with Crippen LogP contribution in [0, 0.1) is 0 Å². The lowest BCUT2D eigenvalue weighted by Crippen LogP contribution is -2.08. The Kier molecular flexibility index (Phi) is 3.21. The molecule has 6 heteroatoms.